The molecule has 1 aromatic carbocycles. The summed E-state index contributed by atoms with van der Waals surface area (Å²) < 4.78 is 5.80. The van der Waals surface area contributed by atoms with Gasteiger partial charge in [0.2, 0.25) is 0 Å². The van der Waals surface area contributed by atoms with Crippen LogP contribution in [0.4, 0.5) is 10.5 Å². The average Bonchev–Trinajstić information content (AvgIpc) is 3.47. The maximum Gasteiger partial charge on any atom is 0.321 e. The Labute approximate surface area is 141 Å². The summed E-state index contributed by atoms with van der Waals surface area (Å²) >= 11 is 0. The first kappa shape index (κ1) is 15.4. The molecule has 2 heterocycles. The first-order chi connectivity index (χ1) is 11.7. The van der Waals surface area contributed by atoms with Crippen molar-refractivity contribution in [2.75, 3.05) is 37.7 Å². The van der Waals surface area contributed by atoms with Gasteiger partial charge in [-0.05, 0) is 43.4 Å². The average molecular weight is 329 g/mol. The molecule has 6 heteroatoms. The number of hydrogen-bond donors (Lipinski definition) is 1. The molecular formula is C18H23N3O3. The molecule has 1 unspecified atom stereocenters. The van der Waals surface area contributed by atoms with Gasteiger partial charge in [0.15, 0.2) is 0 Å². The zero-order chi connectivity index (χ0) is 16.5. The fourth-order valence-corrected chi connectivity index (χ4v) is 3.48. The number of anilines is 1. The largest absolute Gasteiger partial charge is 0.374 e. The molecular weight excluding hydrogens is 306 g/mol. The van der Waals surface area contributed by atoms with E-state index >= 15 is 0 Å². The molecule has 6 nitrogen and oxygen atoms in total. The van der Waals surface area contributed by atoms with Crippen molar-refractivity contribution in [3.05, 3.63) is 29.8 Å². The molecule has 1 saturated carbocycles. The highest BCUT2D eigenvalue weighted by Crippen LogP contribution is 2.36. The lowest BCUT2D eigenvalue weighted by Crippen LogP contribution is -2.47. The number of nitrogens with one attached hydrogen (secondary N) is 1. The lowest BCUT2D eigenvalue weighted by Gasteiger charge is -2.33. The lowest BCUT2D eigenvalue weighted by atomic mass is 10.1. The highest BCUT2D eigenvalue weighted by Gasteiger charge is 2.36. The predicted octanol–water partition coefficient (Wildman–Crippen LogP) is 1.86. The second-order valence-corrected chi connectivity index (χ2v) is 6.79. The molecule has 1 aliphatic carbocycles. The van der Waals surface area contributed by atoms with Gasteiger partial charge in [0, 0.05) is 37.4 Å². The number of morpholine rings is 1. The van der Waals surface area contributed by atoms with Crippen molar-refractivity contribution in [3.63, 3.8) is 0 Å². The lowest BCUT2D eigenvalue weighted by molar-refractivity contribution is -0.0313. The van der Waals surface area contributed by atoms with Gasteiger partial charge < -0.3 is 15.0 Å². The van der Waals surface area contributed by atoms with Gasteiger partial charge in [-0.1, -0.05) is 6.07 Å². The molecule has 1 N–H and O–H groups in total. The number of carbonyl (C=O) groups excluding carboxylic acids is 2. The van der Waals surface area contributed by atoms with E-state index in [2.05, 4.69) is 5.32 Å². The summed E-state index contributed by atoms with van der Waals surface area (Å²) in [7, 11) is 0. The van der Waals surface area contributed by atoms with E-state index in [0.717, 1.165) is 12.1 Å². The van der Waals surface area contributed by atoms with E-state index in [9.17, 15) is 9.59 Å². The summed E-state index contributed by atoms with van der Waals surface area (Å²) in [5, 5.41) is 2.84. The number of amides is 3. The van der Waals surface area contributed by atoms with Crippen molar-refractivity contribution in [2.45, 2.75) is 25.4 Å². The van der Waals surface area contributed by atoms with Crippen molar-refractivity contribution in [2.24, 2.45) is 5.92 Å². The third-order valence-corrected chi connectivity index (χ3v) is 5.01. The van der Waals surface area contributed by atoms with Crippen LogP contribution in [0.2, 0.25) is 0 Å². The van der Waals surface area contributed by atoms with Gasteiger partial charge in [-0.25, -0.2) is 4.79 Å². The van der Waals surface area contributed by atoms with E-state index in [1.54, 1.807) is 4.90 Å². The third kappa shape index (κ3) is 3.11. The monoisotopic (exact) mass is 329 g/mol. The number of hydrogen-bond acceptors (Lipinski definition) is 3. The number of nitrogens with zero attached hydrogens (tertiary/aromatic N) is 2. The van der Waals surface area contributed by atoms with Crippen molar-refractivity contribution in [1.82, 2.24) is 10.2 Å². The van der Waals surface area contributed by atoms with Crippen LogP contribution in [0, 0.1) is 5.92 Å². The molecule has 0 radical (unpaired) electrons. The van der Waals surface area contributed by atoms with Gasteiger partial charge in [-0.2, -0.15) is 0 Å². The normalized spacial score (nSPS) is 24.7. The second-order valence-electron chi connectivity index (χ2n) is 6.79. The van der Waals surface area contributed by atoms with E-state index in [0.29, 0.717) is 44.3 Å². The fraction of sp³-hybridized carbons (Fsp3) is 0.556. The molecule has 1 atom stereocenters. The standard InChI is InChI=1S/C18H23N3O3/c22-17(20-9-10-24-16(12-20)13-5-6-13)14-3-1-4-15(11-14)21-8-2-7-19-18(21)23/h1,3-4,11,13,16H,2,5-10,12H2,(H,19,23). The van der Waals surface area contributed by atoms with Crippen LogP contribution in [0.3, 0.4) is 0 Å². The van der Waals surface area contributed by atoms with Crippen molar-refractivity contribution in [1.29, 1.82) is 0 Å². The Morgan fingerprint density at radius 3 is 2.92 bits per heavy atom. The summed E-state index contributed by atoms with van der Waals surface area (Å²) in [4.78, 5) is 28.5. The quantitative estimate of drug-likeness (QED) is 0.921. The van der Waals surface area contributed by atoms with Gasteiger partial charge in [0.25, 0.3) is 5.91 Å². The molecule has 3 aliphatic rings. The molecule has 2 aliphatic heterocycles. The maximum absolute atomic E-state index is 12.9. The van der Waals surface area contributed by atoms with Crippen LogP contribution >= 0.6 is 0 Å². The highest BCUT2D eigenvalue weighted by molar-refractivity contribution is 5.98. The molecule has 128 valence electrons. The van der Waals surface area contributed by atoms with Gasteiger partial charge in [0.05, 0.1) is 12.7 Å². The van der Waals surface area contributed by atoms with Crippen LogP contribution in [0.25, 0.3) is 0 Å². The zero-order valence-electron chi connectivity index (χ0n) is 13.7. The number of carbonyl (C=O) groups is 2. The minimum Gasteiger partial charge on any atom is -0.374 e. The third-order valence-electron chi connectivity index (χ3n) is 5.01. The summed E-state index contributed by atoms with van der Waals surface area (Å²) in [6.45, 7) is 3.32. The molecule has 3 amide bonds. The Morgan fingerprint density at radius 2 is 2.12 bits per heavy atom. The smallest absolute Gasteiger partial charge is 0.321 e. The van der Waals surface area contributed by atoms with Crippen LogP contribution in [-0.2, 0) is 4.74 Å². The van der Waals surface area contributed by atoms with Gasteiger partial charge in [0.1, 0.15) is 0 Å². The molecule has 0 spiro atoms. The Balaban J connectivity index is 1.49. The van der Waals surface area contributed by atoms with Gasteiger partial charge >= 0.3 is 6.03 Å². The first-order valence-corrected chi connectivity index (χ1v) is 8.79. The van der Waals surface area contributed by atoms with Crippen LogP contribution in [0.1, 0.15) is 29.6 Å². The summed E-state index contributed by atoms with van der Waals surface area (Å²) in [5.41, 5.74) is 1.42. The molecule has 4 rings (SSSR count). The fourth-order valence-electron chi connectivity index (χ4n) is 3.48. The number of benzene rings is 1. The molecule has 2 saturated heterocycles. The SMILES string of the molecule is O=C(c1cccc(N2CCCNC2=O)c1)N1CCOC(C2CC2)C1. The van der Waals surface area contributed by atoms with E-state index in [-0.39, 0.29) is 18.0 Å². The van der Waals surface area contributed by atoms with Gasteiger partial charge in [-0.3, -0.25) is 9.69 Å². The van der Waals surface area contributed by atoms with E-state index < -0.39 is 0 Å². The second kappa shape index (κ2) is 6.43. The minimum atomic E-state index is -0.0916. The van der Waals surface area contributed by atoms with E-state index in [1.807, 2.05) is 29.2 Å². The number of ether oxygens (including phenoxy) is 1. The van der Waals surface area contributed by atoms with Crippen LogP contribution in [0.15, 0.2) is 24.3 Å². The highest BCUT2D eigenvalue weighted by atomic mass is 16.5. The van der Waals surface area contributed by atoms with E-state index in [4.69, 9.17) is 4.74 Å². The Morgan fingerprint density at radius 1 is 1.25 bits per heavy atom. The van der Waals surface area contributed by atoms with Crippen LogP contribution in [0.5, 0.6) is 0 Å². The number of urea groups is 1. The van der Waals surface area contributed by atoms with Crippen molar-refractivity contribution < 1.29 is 14.3 Å². The van der Waals surface area contributed by atoms with Crippen LogP contribution in [-0.4, -0.2) is 55.7 Å². The topological polar surface area (TPSA) is 61.9 Å². The predicted molar refractivity (Wildman–Crippen MR) is 90.2 cm³/mol. The summed E-state index contributed by atoms with van der Waals surface area (Å²) in [5.74, 6) is 0.659. The molecule has 0 aromatic heterocycles. The minimum absolute atomic E-state index is 0.0308. The first-order valence-electron chi connectivity index (χ1n) is 8.79. The number of rotatable bonds is 3. The van der Waals surface area contributed by atoms with Crippen molar-refractivity contribution >= 4 is 17.6 Å². The molecule has 1 aromatic rings. The Hall–Kier alpha value is -2.08. The summed E-state index contributed by atoms with van der Waals surface area (Å²) in [6.07, 6.45) is 3.54. The maximum atomic E-state index is 12.9. The molecule has 24 heavy (non-hydrogen) atoms. The molecule has 3 fully saturated rings. The Kier molecular flexibility index (Phi) is 4.14. The van der Waals surface area contributed by atoms with Gasteiger partial charge in [-0.15, -0.1) is 0 Å². The Bertz CT molecular complexity index is 644. The zero-order valence-corrected chi connectivity index (χ0v) is 13.7. The molecule has 0 bridgehead atoms. The van der Waals surface area contributed by atoms with E-state index in [1.165, 1.54) is 12.8 Å². The summed E-state index contributed by atoms with van der Waals surface area (Å²) in [6, 6.07) is 7.30. The van der Waals surface area contributed by atoms with Crippen LogP contribution < -0.4 is 10.2 Å². The van der Waals surface area contributed by atoms with Crippen molar-refractivity contribution in [3.8, 4) is 0 Å².